The summed E-state index contributed by atoms with van der Waals surface area (Å²) in [6.45, 7) is 7.59. The van der Waals surface area contributed by atoms with Crippen LogP contribution in [-0.2, 0) is 13.0 Å². The number of rotatable bonds is 1. The molecule has 1 aliphatic heterocycles. The number of fused-ring (bicyclic) bond motifs is 7. The molecule has 0 bridgehead atoms. The summed E-state index contributed by atoms with van der Waals surface area (Å²) in [5.74, 6) is 0.570. The van der Waals surface area contributed by atoms with E-state index >= 15 is 0 Å². The molecule has 3 aromatic heterocycles. The van der Waals surface area contributed by atoms with E-state index in [1.165, 1.54) is 33.4 Å². The summed E-state index contributed by atoms with van der Waals surface area (Å²) in [4.78, 5) is 8.91. The molecule has 0 unspecified atom stereocenters. The molecule has 1 aromatic carbocycles. The molecule has 0 amide bonds. The van der Waals surface area contributed by atoms with E-state index < -0.39 is 0 Å². The lowest BCUT2D eigenvalue weighted by Crippen LogP contribution is -2.07. The molecule has 5 heteroatoms. The van der Waals surface area contributed by atoms with Gasteiger partial charge in [-0.2, -0.15) is 0 Å². The number of aromatic nitrogens is 4. The Balaban J connectivity index is 1.96. The Morgan fingerprint density at radius 2 is 2.00 bits per heavy atom. The molecule has 0 radical (unpaired) electrons. The summed E-state index contributed by atoms with van der Waals surface area (Å²) in [6, 6.07) is 9.31. The summed E-state index contributed by atoms with van der Waals surface area (Å²) in [7, 11) is 0. The number of benzene rings is 1. The van der Waals surface area contributed by atoms with Crippen LogP contribution < -0.4 is 5.73 Å². The lowest BCUT2D eigenvalue weighted by Gasteiger charge is -2.13. The third-order valence-electron chi connectivity index (χ3n) is 5.54. The Labute approximate surface area is 152 Å². The molecule has 5 nitrogen and oxygen atoms in total. The van der Waals surface area contributed by atoms with Gasteiger partial charge in [0.05, 0.1) is 11.1 Å². The van der Waals surface area contributed by atoms with Gasteiger partial charge in [-0.05, 0) is 51.3 Å². The standard InChI is InChI=1S/C21H23N5/c1-12(2)26-15-5-4-8-25-16-9-13(3)6-7-14(16)10-17(25)18(15)19-20(22)23-11-24-21(19)26/h6-7,9-12H,4-5,8H2,1-3H3,(H2,22,23,24). The van der Waals surface area contributed by atoms with Crippen molar-refractivity contribution in [2.24, 2.45) is 0 Å². The summed E-state index contributed by atoms with van der Waals surface area (Å²) in [6.07, 6.45) is 3.71. The average molecular weight is 345 g/mol. The minimum atomic E-state index is 0.328. The van der Waals surface area contributed by atoms with Gasteiger partial charge >= 0.3 is 0 Å². The van der Waals surface area contributed by atoms with Crippen molar-refractivity contribution in [3.63, 3.8) is 0 Å². The van der Waals surface area contributed by atoms with Gasteiger partial charge in [0.15, 0.2) is 0 Å². The fourth-order valence-corrected chi connectivity index (χ4v) is 4.50. The molecule has 5 rings (SSSR count). The van der Waals surface area contributed by atoms with Gasteiger partial charge in [-0.15, -0.1) is 0 Å². The molecule has 0 saturated heterocycles. The molecule has 0 spiro atoms. The minimum absolute atomic E-state index is 0.328. The van der Waals surface area contributed by atoms with Crippen LogP contribution in [0.4, 0.5) is 5.82 Å². The van der Waals surface area contributed by atoms with E-state index in [4.69, 9.17) is 5.73 Å². The Bertz CT molecular complexity index is 1160. The first-order valence-electron chi connectivity index (χ1n) is 9.29. The maximum Gasteiger partial charge on any atom is 0.146 e. The van der Waals surface area contributed by atoms with Gasteiger partial charge in [0, 0.05) is 34.7 Å². The number of hydrogen-bond acceptors (Lipinski definition) is 3. The SMILES string of the molecule is Cc1ccc2cc3n(c2c1)CCCc1c-3c2c(N)ncnc2n1C(C)C. The van der Waals surface area contributed by atoms with Crippen molar-refractivity contribution >= 4 is 27.8 Å². The monoisotopic (exact) mass is 345 g/mol. The van der Waals surface area contributed by atoms with Gasteiger partial charge in [-0.3, -0.25) is 0 Å². The number of hydrogen-bond donors (Lipinski definition) is 1. The number of nitrogens with two attached hydrogens (primary N) is 1. The van der Waals surface area contributed by atoms with Gasteiger partial charge in [0.1, 0.15) is 17.8 Å². The zero-order valence-corrected chi connectivity index (χ0v) is 15.5. The average Bonchev–Trinajstić information content (AvgIpc) is 3.05. The van der Waals surface area contributed by atoms with Crippen molar-refractivity contribution in [2.75, 3.05) is 5.73 Å². The summed E-state index contributed by atoms with van der Waals surface area (Å²) < 4.78 is 4.80. The van der Waals surface area contributed by atoms with Crippen LogP contribution in [0.25, 0.3) is 33.2 Å². The molecular formula is C21H23N5. The maximum atomic E-state index is 6.35. The van der Waals surface area contributed by atoms with Crippen LogP contribution in [0.5, 0.6) is 0 Å². The zero-order chi connectivity index (χ0) is 18.0. The maximum absolute atomic E-state index is 6.35. The first kappa shape index (κ1) is 15.4. The first-order chi connectivity index (χ1) is 12.6. The van der Waals surface area contributed by atoms with Crippen molar-refractivity contribution in [3.05, 3.63) is 41.9 Å². The van der Waals surface area contributed by atoms with Gasteiger partial charge < -0.3 is 14.9 Å². The second-order valence-corrected chi connectivity index (χ2v) is 7.59. The lowest BCUT2D eigenvalue weighted by molar-refractivity contribution is 0.576. The van der Waals surface area contributed by atoms with Crippen LogP contribution in [0.2, 0.25) is 0 Å². The highest BCUT2D eigenvalue weighted by Crippen LogP contribution is 2.42. The number of nitrogens with zero attached hydrogens (tertiary/aromatic N) is 4. The molecule has 4 heterocycles. The third-order valence-corrected chi connectivity index (χ3v) is 5.54. The molecule has 0 fully saturated rings. The van der Waals surface area contributed by atoms with Gasteiger partial charge in [0.25, 0.3) is 0 Å². The molecule has 0 atom stereocenters. The van der Waals surface area contributed by atoms with E-state index in [9.17, 15) is 0 Å². The largest absolute Gasteiger partial charge is 0.383 e. The zero-order valence-electron chi connectivity index (χ0n) is 15.5. The lowest BCUT2D eigenvalue weighted by atomic mass is 10.1. The second-order valence-electron chi connectivity index (χ2n) is 7.59. The van der Waals surface area contributed by atoms with Gasteiger partial charge in [0.2, 0.25) is 0 Å². The van der Waals surface area contributed by atoms with Crippen molar-refractivity contribution in [3.8, 4) is 11.3 Å². The van der Waals surface area contributed by atoms with Gasteiger partial charge in [-0.1, -0.05) is 12.1 Å². The summed E-state index contributed by atoms with van der Waals surface area (Å²) in [5, 5.41) is 2.28. The molecule has 26 heavy (non-hydrogen) atoms. The predicted molar refractivity (Wildman–Crippen MR) is 106 cm³/mol. The van der Waals surface area contributed by atoms with E-state index in [2.05, 4.69) is 64.1 Å². The number of nitrogen functional groups attached to an aromatic ring is 1. The minimum Gasteiger partial charge on any atom is -0.383 e. The Morgan fingerprint density at radius 3 is 2.81 bits per heavy atom. The molecule has 1 aliphatic rings. The molecular weight excluding hydrogens is 322 g/mol. The quantitative estimate of drug-likeness (QED) is 0.553. The fourth-order valence-electron chi connectivity index (χ4n) is 4.50. The molecule has 132 valence electrons. The number of aryl methyl sites for hydroxylation is 2. The smallest absolute Gasteiger partial charge is 0.146 e. The van der Waals surface area contributed by atoms with Crippen LogP contribution >= 0.6 is 0 Å². The highest BCUT2D eigenvalue weighted by Gasteiger charge is 2.27. The van der Waals surface area contributed by atoms with Crippen LogP contribution in [0, 0.1) is 6.92 Å². The predicted octanol–water partition coefficient (Wildman–Crippen LogP) is 4.47. The van der Waals surface area contributed by atoms with E-state index in [0.717, 1.165) is 30.4 Å². The van der Waals surface area contributed by atoms with Crippen molar-refractivity contribution in [1.29, 1.82) is 0 Å². The Kier molecular flexibility index (Phi) is 3.17. The van der Waals surface area contributed by atoms with Crippen LogP contribution in [0.3, 0.4) is 0 Å². The summed E-state index contributed by atoms with van der Waals surface area (Å²) in [5.41, 5.74) is 13.7. The Morgan fingerprint density at radius 1 is 1.15 bits per heavy atom. The second kappa shape index (κ2) is 5.34. The third kappa shape index (κ3) is 1.97. The highest BCUT2D eigenvalue weighted by atomic mass is 15.1. The van der Waals surface area contributed by atoms with Crippen molar-refractivity contribution in [1.82, 2.24) is 19.1 Å². The van der Waals surface area contributed by atoms with E-state index in [0.29, 0.717) is 11.9 Å². The normalized spacial score (nSPS) is 14.0. The Hall–Kier alpha value is -2.82. The van der Waals surface area contributed by atoms with Crippen LogP contribution in [0.1, 0.15) is 37.6 Å². The fraction of sp³-hybridized carbons (Fsp3) is 0.333. The van der Waals surface area contributed by atoms with Crippen molar-refractivity contribution < 1.29 is 0 Å². The first-order valence-corrected chi connectivity index (χ1v) is 9.29. The van der Waals surface area contributed by atoms with Crippen LogP contribution in [-0.4, -0.2) is 19.1 Å². The van der Waals surface area contributed by atoms with E-state index in [1.54, 1.807) is 6.33 Å². The molecule has 0 aliphatic carbocycles. The summed E-state index contributed by atoms with van der Waals surface area (Å²) >= 11 is 0. The topological polar surface area (TPSA) is 61.7 Å². The molecule has 2 N–H and O–H groups in total. The highest BCUT2D eigenvalue weighted by molar-refractivity contribution is 6.04. The van der Waals surface area contributed by atoms with Crippen LogP contribution in [0.15, 0.2) is 30.6 Å². The number of anilines is 1. The molecule has 4 aromatic rings. The van der Waals surface area contributed by atoms with E-state index in [1.807, 2.05) is 0 Å². The van der Waals surface area contributed by atoms with Crippen molar-refractivity contribution in [2.45, 2.75) is 46.2 Å². The molecule has 0 saturated carbocycles. The van der Waals surface area contributed by atoms with Gasteiger partial charge in [-0.25, -0.2) is 9.97 Å². The van der Waals surface area contributed by atoms with E-state index in [-0.39, 0.29) is 0 Å².